The maximum Gasteiger partial charge on any atom is 0.356 e. The molecule has 0 saturated heterocycles. The third-order valence-corrected chi connectivity index (χ3v) is 2.72. The number of aryl methyl sites for hydroxylation is 1. The Balaban J connectivity index is 2.41. The Bertz CT molecular complexity index is 575. The third-order valence-electron chi connectivity index (χ3n) is 2.72. The molecule has 0 radical (unpaired) electrons. The van der Waals surface area contributed by atoms with Crippen molar-refractivity contribution >= 4 is 5.97 Å². The first-order valence-corrected chi connectivity index (χ1v) is 5.59. The lowest BCUT2D eigenvalue weighted by Crippen LogP contribution is -1.99. The first-order chi connectivity index (χ1) is 8.61. The third kappa shape index (κ3) is 2.41. The van der Waals surface area contributed by atoms with Crippen LogP contribution in [-0.4, -0.2) is 32.6 Å². The molecule has 5 heteroatoms. The minimum atomic E-state index is -1.04. The van der Waals surface area contributed by atoms with Gasteiger partial charge in [0.05, 0.1) is 5.69 Å². The lowest BCUT2D eigenvalue weighted by atomic mass is 10.1. The fourth-order valence-corrected chi connectivity index (χ4v) is 1.86. The van der Waals surface area contributed by atoms with Crippen LogP contribution in [-0.2, 0) is 13.5 Å². The summed E-state index contributed by atoms with van der Waals surface area (Å²) in [5.74, 6) is -1.04. The van der Waals surface area contributed by atoms with Crippen molar-refractivity contribution in [1.82, 2.24) is 9.78 Å². The van der Waals surface area contributed by atoms with Gasteiger partial charge >= 0.3 is 5.97 Å². The van der Waals surface area contributed by atoms with Gasteiger partial charge in [0.2, 0.25) is 0 Å². The zero-order valence-electron chi connectivity index (χ0n) is 10.00. The van der Waals surface area contributed by atoms with Crippen LogP contribution in [0.4, 0.5) is 0 Å². The SMILES string of the molecule is Cn1nc(C(=O)O)cc1-c1cccc(CCO)c1. The molecule has 0 bridgehead atoms. The van der Waals surface area contributed by atoms with E-state index in [1.165, 1.54) is 0 Å². The molecule has 1 heterocycles. The smallest absolute Gasteiger partial charge is 0.356 e. The molecule has 0 aliphatic carbocycles. The number of rotatable bonds is 4. The highest BCUT2D eigenvalue weighted by molar-refractivity contribution is 5.87. The average molecular weight is 246 g/mol. The highest BCUT2D eigenvalue weighted by Gasteiger charge is 2.12. The molecular weight excluding hydrogens is 232 g/mol. The second kappa shape index (κ2) is 5.01. The molecular formula is C13H14N2O3. The van der Waals surface area contributed by atoms with Gasteiger partial charge in [0, 0.05) is 19.2 Å². The van der Waals surface area contributed by atoms with Crippen molar-refractivity contribution in [1.29, 1.82) is 0 Å². The summed E-state index contributed by atoms with van der Waals surface area (Å²) in [6.45, 7) is 0.0925. The summed E-state index contributed by atoms with van der Waals surface area (Å²) in [7, 11) is 1.71. The van der Waals surface area contributed by atoms with Crippen LogP contribution < -0.4 is 0 Å². The van der Waals surface area contributed by atoms with Crippen molar-refractivity contribution in [3.63, 3.8) is 0 Å². The number of benzene rings is 1. The molecule has 0 aliphatic rings. The molecule has 0 saturated carbocycles. The second-order valence-electron chi connectivity index (χ2n) is 4.02. The van der Waals surface area contributed by atoms with Crippen LogP contribution in [0.2, 0.25) is 0 Å². The predicted octanol–water partition coefficient (Wildman–Crippen LogP) is 1.32. The van der Waals surface area contributed by atoms with E-state index in [1.54, 1.807) is 17.8 Å². The number of nitrogens with zero attached hydrogens (tertiary/aromatic N) is 2. The molecule has 1 aromatic heterocycles. The summed E-state index contributed by atoms with van der Waals surface area (Å²) in [4.78, 5) is 10.9. The predicted molar refractivity (Wildman–Crippen MR) is 66.4 cm³/mol. The maximum atomic E-state index is 10.9. The topological polar surface area (TPSA) is 75.4 Å². The summed E-state index contributed by atoms with van der Waals surface area (Å²) in [6.07, 6.45) is 0.581. The van der Waals surface area contributed by atoms with Crippen LogP contribution in [0.3, 0.4) is 0 Å². The molecule has 0 fully saturated rings. The van der Waals surface area contributed by atoms with E-state index in [4.69, 9.17) is 10.2 Å². The van der Waals surface area contributed by atoms with Gasteiger partial charge in [0.1, 0.15) is 0 Å². The van der Waals surface area contributed by atoms with Crippen molar-refractivity contribution in [2.24, 2.45) is 7.05 Å². The first kappa shape index (κ1) is 12.3. The lowest BCUT2D eigenvalue weighted by Gasteiger charge is -2.04. The molecule has 2 aromatic rings. The van der Waals surface area contributed by atoms with Gasteiger partial charge in [-0.15, -0.1) is 0 Å². The summed E-state index contributed by atoms with van der Waals surface area (Å²) in [5.41, 5.74) is 2.67. The number of hydrogen-bond donors (Lipinski definition) is 2. The minimum absolute atomic E-state index is 0.0278. The maximum absolute atomic E-state index is 10.9. The number of carboxylic acids is 1. The Labute approximate surface area is 104 Å². The standard InChI is InChI=1S/C13H14N2O3/c1-15-12(8-11(14-15)13(17)18)10-4-2-3-9(7-10)5-6-16/h2-4,7-8,16H,5-6H2,1H3,(H,17,18). The summed E-state index contributed by atoms with van der Waals surface area (Å²) in [6, 6.07) is 9.17. The monoisotopic (exact) mass is 246 g/mol. The first-order valence-electron chi connectivity index (χ1n) is 5.59. The molecule has 0 spiro atoms. The zero-order chi connectivity index (χ0) is 13.1. The van der Waals surface area contributed by atoms with Crippen molar-refractivity contribution in [2.45, 2.75) is 6.42 Å². The Morgan fingerprint density at radius 3 is 2.78 bits per heavy atom. The van der Waals surface area contributed by atoms with E-state index in [9.17, 15) is 4.79 Å². The van der Waals surface area contributed by atoms with Crippen molar-refractivity contribution in [3.05, 3.63) is 41.6 Å². The molecule has 1 aromatic carbocycles. The van der Waals surface area contributed by atoms with Crippen LogP contribution in [0.15, 0.2) is 30.3 Å². The van der Waals surface area contributed by atoms with Gasteiger partial charge in [0.15, 0.2) is 5.69 Å². The van der Waals surface area contributed by atoms with Gasteiger partial charge in [0.25, 0.3) is 0 Å². The van der Waals surface area contributed by atoms with Crippen LogP contribution >= 0.6 is 0 Å². The Kier molecular flexibility index (Phi) is 3.43. The fourth-order valence-electron chi connectivity index (χ4n) is 1.86. The number of aromatic nitrogens is 2. The molecule has 0 atom stereocenters. The second-order valence-corrected chi connectivity index (χ2v) is 4.02. The van der Waals surface area contributed by atoms with Gasteiger partial charge in [-0.3, -0.25) is 4.68 Å². The Morgan fingerprint density at radius 1 is 1.39 bits per heavy atom. The van der Waals surface area contributed by atoms with Crippen LogP contribution in [0, 0.1) is 0 Å². The zero-order valence-corrected chi connectivity index (χ0v) is 10.00. The Hall–Kier alpha value is -2.14. The van der Waals surface area contributed by atoms with Gasteiger partial charge < -0.3 is 10.2 Å². The number of carboxylic acid groups (broad SMARTS) is 1. The Morgan fingerprint density at radius 2 is 2.17 bits per heavy atom. The van der Waals surface area contributed by atoms with Crippen molar-refractivity contribution in [3.8, 4) is 11.3 Å². The van der Waals surface area contributed by atoms with Gasteiger partial charge in [-0.05, 0) is 24.1 Å². The number of aliphatic hydroxyl groups excluding tert-OH is 1. The highest BCUT2D eigenvalue weighted by Crippen LogP contribution is 2.21. The normalized spacial score (nSPS) is 10.6. The number of hydrogen-bond acceptors (Lipinski definition) is 3. The molecule has 5 nitrogen and oxygen atoms in total. The number of carbonyl (C=O) groups is 1. The molecule has 2 rings (SSSR count). The van der Waals surface area contributed by atoms with E-state index in [1.807, 2.05) is 24.3 Å². The number of aliphatic hydroxyl groups is 1. The highest BCUT2D eigenvalue weighted by atomic mass is 16.4. The van der Waals surface area contributed by atoms with E-state index in [2.05, 4.69) is 5.10 Å². The van der Waals surface area contributed by atoms with Crippen molar-refractivity contribution in [2.75, 3.05) is 6.61 Å². The summed E-state index contributed by atoms with van der Waals surface area (Å²) < 4.78 is 1.54. The molecule has 18 heavy (non-hydrogen) atoms. The molecule has 2 N–H and O–H groups in total. The van der Waals surface area contributed by atoms with Crippen LogP contribution in [0.5, 0.6) is 0 Å². The quantitative estimate of drug-likeness (QED) is 0.853. The van der Waals surface area contributed by atoms with E-state index in [-0.39, 0.29) is 12.3 Å². The molecule has 94 valence electrons. The van der Waals surface area contributed by atoms with E-state index in [0.29, 0.717) is 6.42 Å². The summed E-state index contributed by atoms with van der Waals surface area (Å²) >= 11 is 0. The fraction of sp³-hybridized carbons (Fsp3) is 0.231. The minimum Gasteiger partial charge on any atom is -0.476 e. The van der Waals surface area contributed by atoms with E-state index < -0.39 is 5.97 Å². The molecule has 0 amide bonds. The van der Waals surface area contributed by atoms with Crippen molar-refractivity contribution < 1.29 is 15.0 Å². The van der Waals surface area contributed by atoms with Gasteiger partial charge in [-0.25, -0.2) is 4.79 Å². The molecule has 0 unspecified atom stereocenters. The largest absolute Gasteiger partial charge is 0.476 e. The lowest BCUT2D eigenvalue weighted by molar-refractivity contribution is 0.0689. The van der Waals surface area contributed by atoms with E-state index >= 15 is 0 Å². The van der Waals surface area contributed by atoms with Gasteiger partial charge in [-0.2, -0.15) is 5.10 Å². The van der Waals surface area contributed by atoms with Crippen LogP contribution in [0.25, 0.3) is 11.3 Å². The van der Waals surface area contributed by atoms with Crippen LogP contribution in [0.1, 0.15) is 16.1 Å². The number of aromatic carboxylic acids is 1. The van der Waals surface area contributed by atoms with E-state index in [0.717, 1.165) is 16.8 Å². The summed E-state index contributed by atoms with van der Waals surface area (Å²) in [5, 5.41) is 21.7. The average Bonchev–Trinajstić information content (AvgIpc) is 2.72. The van der Waals surface area contributed by atoms with Gasteiger partial charge in [-0.1, -0.05) is 18.2 Å². The molecule has 0 aliphatic heterocycles.